The smallest absolute Gasteiger partial charge is 1.00 e. The van der Waals surface area contributed by atoms with Gasteiger partial charge in [-0.05, 0) is 11.1 Å². The van der Waals surface area contributed by atoms with Crippen molar-refractivity contribution < 1.29 is 39.4 Å². The molecular weight excluding hydrogens is 255 g/mol. The van der Waals surface area contributed by atoms with E-state index in [4.69, 9.17) is 0 Å². The summed E-state index contributed by atoms with van der Waals surface area (Å²) >= 11 is 0. The van der Waals surface area contributed by atoms with Crippen LogP contribution >= 0.6 is 0 Å². The zero-order valence-corrected chi connectivity index (χ0v) is 13.2. The van der Waals surface area contributed by atoms with Gasteiger partial charge < -0.3 is 1.43 Å². The van der Waals surface area contributed by atoms with E-state index in [2.05, 4.69) is 0 Å². The molecule has 2 nitrogen and oxygen atoms in total. The van der Waals surface area contributed by atoms with Gasteiger partial charge in [-0.15, -0.1) is 0 Å². The minimum absolute atomic E-state index is 0. The fourth-order valence-electron chi connectivity index (χ4n) is 1.71. The van der Waals surface area contributed by atoms with Crippen LogP contribution in [0.15, 0.2) is 60.7 Å². The van der Waals surface area contributed by atoms with Crippen molar-refractivity contribution in [2.24, 2.45) is 0 Å². The van der Waals surface area contributed by atoms with Gasteiger partial charge in [-0.1, -0.05) is 60.7 Å². The Balaban J connectivity index is 0.00000162. The van der Waals surface area contributed by atoms with Gasteiger partial charge in [0, 0.05) is 0 Å². The first-order valence-electron chi connectivity index (χ1n) is 5.44. The van der Waals surface area contributed by atoms with Gasteiger partial charge in [-0.2, -0.15) is 0 Å². The van der Waals surface area contributed by atoms with Crippen molar-refractivity contribution in [1.29, 1.82) is 0 Å². The molecular formula is C14H15NaO2S. The molecule has 0 aliphatic rings. The van der Waals surface area contributed by atoms with Crippen molar-refractivity contribution >= 4 is 9.84 Å². The van der Waals surface area contributed by atoms with Gasteiger partial charge in [0.25, 0.3) is 0 Å². The molecule has 2 aromatic rings. The standard InChI is InChI=1S/C14H14O2S.Na.H/c15-17(16,11-13-7-3-1-4-8-13)12-14-9-5-2-6-10-14;;/h1-10H,11-12H2;;/q;+1;-1. The molecule has 2 aromatic carbocycles. The second-order valence-corrected chi connectivity index (χ2v) is 6.07. The minimum Gasteiger partial charge on any atom is -1.00 e. The van der Waals surface area contributed by atoms with Crippen LogP contribution in [-0.2, 0) is 21.3 Å². The van der Waals surface area contributed by atoms with Crippen molar-refractivity contribution in [2.75, 3.05) is 0 Å². The first-order valence-corrected chi connectivity index (χ1v) is 7.26. The molecule has 18 heavy (non-hydrogen) atoms. The van der Waals surface area contributed by atoms with Crippen molar-refractivity contribution in [3.63, 3.8) is 0 Å². The van der Waals surface area contributed by atoms with Gasteiger partial charge >= 0.3 is 29.6 Å². The van der Waals surface area contributed by atoms with Crippen LogP contribution in [0.1, 0.15) is 12.6 Å². The van der Waals surface area contributed by atoms with Crippen LogP contribution < -0.4 is 29.6 Å². The van der Waals surface area contributed by atoms with Crippen LogP contribution in [0.2, 0.25) is 0 Å². The second kappa shape index (κ2) is 7.10. The first-order chi connectivity index (χ1) is 8.16. The molecule has 0 unspecified atom stereocenters. The van der Waals surface area contributed by atoms with E-state index in [-0.39, 0.29) is 42.5 Å². The number of hydrogen-bond acceptors (Lipinski definition) is 2. The molecule has 0 amide bonds. The molecule has 0 spiro atoms. The fraction of sp³-hybridized carbons (Fsp3) is 0.143. The Labute approximate surface area is 132 Å². The van der Waals surface area contributed by atoms with Gasteiger partial charge in [0.15, 0.2) is 9.84 Å². The molecule has 0 aromatic heterocycles. The van der Waals surface area contributed by atoms with Gasteiger partial charge in [0.05, 0.1) is 11.5 Å². The SMILES string of the molecule is O=S(=O)(Cc1ccccc1)Cc1ccccc1.[H-].[Na+]. The predicted molar refractivity (Wildman–Crippen MR) is 70.3 cm³/mol. The van der Waals surface area contributed by atoms with Crippen LogP contribution in [0.3, 0.4) is 0 Å². The topological polar surface area (TPSA) is 34.1 Å². The molecule has 0 radical (unpaired) electrons. The Bertz CT molecular complexity index is 523. The average Bonchev–Trinajstić information content (AvgIpc) is 2.30. The number of rotatable bonds is 4. The van der Waals surface area contributed by atoms with E-state index in [9.17, 15) is 8.42 Å². The van der Waals surface area contributed by atoms with E-state index in [1.165, 1.54) is 0 Å². The Morgan fingerprint density at radius 2 is 1.06 bits per heavy atom. The van der Waals surface area contributed by atoms with E-state index in [1.807, 2.05) is 60.7 Å². The summed E-state index contributed by atoms with van der Waals surface area (Å²) in [6, 6.07) is 18.5. The summed E-state index contributed by atoms with van der Waals surface area (Å²) in [7, 11) is -3.09. The van der Waals surface area contributed by atoms with Crippen molar-refractivity contribution in [2.45, 2.75) is 11.5 Å². The third kappa shape index (κ3) is 4.94. The van der Waals surface area contributed by atoms with E-state index in [1.54, 1.807) is 0 Å². The number of benzene rings is 2. The molecule has 0 aliphatic heterocycles. The Kier molecular flexibility index (Phi) is 6.09. The Hall–Kier alpha value is -0.610. The molecule has 0 saturated carbocycles. The normalized spacial score (nSPS) is 10.7. The van der Waals surface area contributed by atoms with Crippen LogP contribution in [0.25, 0.3) is 0 Å². The third-order valence-corrected chi connectivity index (χ3v) is 4.01. The fourth-order valence-corrected chi connectivity index (χ4v) is 3.21. The van der Waals surface area contributed by atoms with E-state index in [0.717, 1.165) is 11.1 Å². The van der Waals surface area contributed by atoms with Crippen LogP contribution in [0.4, 0.5) is 0 Å². The van der Waals surface area contributed by atoms with Crippen molar-refractivity contribution in [3.05, 3.63) is 71.8 Å². The molecule has 0 aliphatic carbocycles. The predicted octanol–water partition coefficient (Wildman–Crippen LogP) is -0.0819. The third-order valence-electron chi connectivity index (χ3n) is 2.46. The zero-order chi connectivity index (χ0) is 12.1. The zero-order valence-electron chi connectivity index (χ0n) is 11.4. The molecule has 0 atom stereocenters. The summed E-state index contributed by atoms with van der Waals surface area (Å²) in [5.74, 6) is 0.200. The van der Waals surface area contributed by atoms with Crippen LogP contribution in [0, 0.1) is 0 Å². The van der Waals surface area contributed by atoms with E-state index >= 15 is 0 Å². The second-order valence-electron chi connectivity index (χ2n) is 4.00. The van der Waals surface area contributed by atoms with Gasteiger partial charge in [0.2, 0.25) is 0 Å². The monoisotopic (exact) mass is 270 g/mol. The summed E-state index contributed by atoms with van der Waals surface area (Å²) in [6.07, 6.45) is 0. The van der Waals surface area contributed by atoms with E-state index < -0.39 is 9.84 Å². The summed E-state index contributed by atoms with van der Waals surface area (Å²) in [4.78, 5) is 0. The summed E-state index contributed by atoms with van der Waals surface area (Å²) in [5, 5.41) is 0. The maximum Gasteiger partial charge on any atom is 1.00 e. The minimum atomic E-state index is -3.09. The molecule has 0 N–H and O–H groups in total. The van der Waals surface area contributed by atoms with Crippen LogP contribution in [0.5, 0.6) is 0 Å². The Morgan fingerprint density at radius 1 is 0.722 bits per heavy atom. The Morgan fingerprint density at radius 3 is 1.39 bits per heavy atom. The molecule has 4 heteroatoms. The van der Waals surface area contributed by atoms with Crippen LogP contribution in [-0.4, -0.2) is 8.42 Å². The summed E-state index contributed by atoms with van der Waals surface area (Å²) in [5.41, 5.74) is 1.67. The van der Waals surface area contributed by atoms with Gasteiger partial charge in [0.1, 0.15) is 0 Å². The quantitative estimate of drug-likeness (QED) is 0.728. The van der Waals surface area contributed by atoms with Crippen molar-refractivity contribution in [1.82, 2.24) is 0 Å². The summed E-state index contributed by atoms with van der Waals surface area (Å²) < 4.78 is 23.9. The van der Waals surface area contributed by atoms with Crippen molar-refractivity contribution in [3.8, 4) is 0 Å². The van der Waals surface area contributed by atoms with Gasteiger partial charge in [-0.3, -0.25) is 0 Å². The molecule has 0 fully saturated rings. The summed E-state index contributed by atoms with van der Waals surface area (Å²) in [6.45, 7) is 0. The largest absolute Gasteiger partial charge is 1.00 e. The molecule has 2 rings (SSSR count). The average molecular weight is 270 g/mol. The number of sulfone groups is 1. The number of hydrogen-bond donors (Lipinski definition) is 0. The maximum atomic E-state index is 12.0. The molecule has 0 bridgehead atoms. The molecule has 0 heterocycles. The maximum absolute atomic E-state index is 12.0. The van der Waals surface area contributed by atoms with E-state index in [0.29, 0.717) is 0 Å². The van der Waals surface area contributed by atoms with Gasteiger partial charge in [-0.25, -0.2) is 8.42 Å². The molecule has 90 valence electrons. The molecule has 0 saturated heterocycles. The first kappa shape index (κ1) is 15.4.